The van der Waals surface area contributed by atoms with E-state index >= 15 is 0 Å². The zero-order valence-corrected chi connectivity index (χ0v) is 25.5. The lowest BCUT2D eigenvalue weighted by Gasteiger charge is -2.31. The summed E-state index contributed by atoms with van der Waals surface area (Å²) < 4.78 is 28.1. The molecule has 1 atom stereocenters. The summed E-state index contributed by atoms with van der Waals surface area (Å²) in [6.07, 6.45) is 0. The number of benzene rings is 3. The van der Waals surface area contributed by atoms with Gasteiger partial charge in [0, 0.05) is 31.7 Å². The van der Waals surface area contributed by atoms with Crippen LogP contribution < -0.4 is 18.9 Å². The molecule has 0 radical (unpaired) electrons. The molecule has 0 saturated carbocycles. The molecule has 2 heterocycles. The third kappa shape index (κ3) is 6.36. The lowest BCUT2D eigenvalue weighted by atomic mass is 9.94. The molecule has 5 rings (SSSR count). The topological polar surface area (TPSA) is 107 Å². The van der Waals surface area contributed by atoms with Crippen molar-refractivity contribution in [1.82, 2.24) is 9.80 Å². The number of hydrogen-bond acceptors (Lipinski definition) is 9. The minimum absolute atomic E-state index is 0.0140. The van der Waals surface area contributed by atoms with Crippen LogP contribution in [0, 0.1) is 6.92 Å². The average molecular weight is 603 g/mol. The van der Waals surface area contributed by atoms with Crippen LogP contribution in [0.5, 0.6) is 23.0 Å². The van der Waals surface area contributed by atoms with E-state index in [-0.39, 0.29) is 17.9 Å². The van der Waals surface area contributed by atoms with E-state index in [1.807, 2.05) is 31.2 Å². The van der Waals surface area contributed by atoms with Crippen molar-refractivity contribution in [2.24, 2.45) is 0 Å². The summed E-state index contributed by atoms with van der Waals surface area (Å²) in [4.78, 5) is 30.8. The van der Waals surface area contributed by atoms with Crippen LogP contribution in [0.1, 0.15) is 28.3 Å². The SMILES string of the molecule is COc1cc(C2/C(=C(\O)c3ccc(OCc4ccccc4C)cc3)C(=O)C(=O)N2CCN2CCOCC2)cc(OC)c1OC. The van der Waals surface area contributed by atoms with Gasteiger partial charge in [0.05, 0.1) is 46.2 Å². The normalized spacial score (nSPS) is 18.4. The summed E-state index contributed by atoms with van der Waals surface area (Å²) in [5.41, 5.74) is 3.12. The molecule has 0 aromatic heterocycles. The zero-order chi connectivity index (χ0) is 31.2. The molecule has 1 N–H and O–H groups in total. The Bertz CT molecular complexity index is 1500. The highest BCUT2D eigenvalue weighted by Gasteiger charge is 2.46. The third-order valence-corrected chi connectivity index (χ3v) is 8.09. The molecule has 1 unspecified atom stereocenters. The van der Waals surface area contributed by atoms with E-state index in [4.69, 9.17) is 23.7 Å². The Balaban J connectivity index is 1.50. The lowest BCUT2D eigenvalue weighted by molar-refractivity contribution is -0.140. The van der Waals surface area contributed by atoms with Gasteiger partial charge in [-0.1, -0.05) is 24.3 Å². The number of likely N-dealkylation sites (tertiary alicyclic amines) is 1. The second kappa shape index (κ2) is 13.8. The molecule has 0 aliphatic carbocycles. The fraction of sp³-hybridized carbons (Fsp3) is 0.353. The van der Waals surface area contributed by atoms with Crippen molar-refractivity contribution in [3.05, 3.63) is 88.5 Å². The van der Waals surface area contributed by atoms with Crippen molar-refractivity contribution >= 4 is 17.4 Å². The van der Waals surface area contributed by atoms with E-state index < -0.39 is 17.7 Å². The van der Waals surface area contributed by atoms with Gasteiger partial charge in [-0.2, -0.15) is 0 Å². The van der Waals surface area contributed by atoms with E-state index in [0.717, 1.165) is 24.2 Å². The summed E-state index contributed by atoms with van der Waals surface area (Å²) in [5.74, 6) is 0.00933. The number of carbonyl (C=O) groups excluding carboxylic acids is 2. The van der Waals surface area contributed by atoms with E-state index in [1.165, 1.54) is 26.2 Å². The Morgan fingerprint density at radius 1 is 0.909 bits per heavy atom. The van der Waals surface area contributed by atoms with Crippen LogP contribution in [-0.4, -0.2) is 87.3 Å². The van der Waals surface area contributed by atoms with Gasteiger partial charge < -0.3 is 33.7 Å². The minimum atomic E-state index is -0.887. The number of methoxy groups -OCH3 is 3. The van der Waals surface area contributed by atoms with Gasteiger partial charge in [-0.3, -0.25) is 14.5 Å². The van der Waals surface area contributed by atoms with Crippen LogP contribution in [-0.2, 0) is 20.9 Å². The Kier molecular flexibility index (Phi) is 9.72. The molecule has 44 heavy (non-hydrogen) atoms. The number of carbonyl (C=O) groups is 2. The van der Waals surface area contributed by atoms with Crippen LogP contribution in [0.15, 0.2) is 66.2 Å². The molecule has 3 aromatic carbocycles. The molecule has 10 nitrogen and oxygen atoms in total. The second-order valence-electron chi connectivity index (χ2n) is 10.6. The summed E-state index contributed by atoms with van der Waals surface area (Å²) in [6, 6.07) is 17.3. The van der Waals surface area contributed by atoms with E-state index in [0.29, 0.717) is 60.5 Å². The highest BCUT2D eigenvalue weighted by atomic mass is 16.5. The van der Waals surface area contributed by atoms with Crippen molar-refractivity contribution in [1.29, 1.82) is 0 Å². The predicted molar refractivity (Wildman–Crippen MR) is 164 cm³/mol. The summed E-state index contributed by atoms with van der Waals surface area (Å²) in [6.45, 7) is 5.93. The number of aliphatic hydroxyl groups excluding tert-OH is 1. The maximum atomic E-state index is 13.6. The first-order chi connectivity index (χ1) is 21.4. The monoisotopic (exact) mass is 602 g/mol. The quantitative estimate of drug-likeness (QED) is 0.195. The Morgan fingerprint density at radius 3 is 2.18 bits per heavy atom. The molecule has 2 fully saturated rings. The van der Waals surface area contributed by atoms with Crippen molar-refractivity contribution in [3.8, 4) is 23.0 Å². The number of ketones is 1. The van der Waals surface area contributed by atoms with Crippen molar-refractivity contribution in [2.45, 2.75) is 19.6 Å². The molecule has 2 saturated heterocycles. The summed E-state index contributed by atoms with van der Waals surface area (Å²) in [7, 11) is 4.50. The molecular formula is C34H38N2O8. The van der Waals surface area contributed by atoms with Gasteiger partial charge in [-0.25, -0.2) is 0 Å². The van der Waals surface area contributed by atoms with E-state index in [1.54, 1.807) is 36.4 Å². The Hall–Kier alpha value is -4.54. The van der Waals surface area contributed by atoms with Crippen LogP contribution in [0.3, 0.4) is 0 Å². The molecule has 10 heteroatoms. The molecule has 2 aliphatic heterocycles. The fourth-order valence-corrected chi connectivity index (χ4v) is 5.59. The van der Waals surface area contributed by atoms with Gasteiger partial charge in [0.15, 0.2) is 11.5 Å². The first kappa shape index (κ1) is 30.9. The first-order valence-corrected chi connectivity index (χ1v) is 14.5. The number of hydrogen-bond donors (Lipinski definition) is 1. The fourth-order valence-electron chi connectivity index (χ4n) is 5.59. The molecule has 2 aliphatic rings. The lowest BCUT2D eigenvalue weighted by Crippen LogP contribution is -2.42. The number of aliphatic hydroxyl groups is 1. The van der Waals surface area contributed by atoms with Gasteiger partial charge in [0.25, 0.3) is 11.7 Å². The second-order valence-corrected chi connectivity index (χ2v) is 10.6. The number of rotatable bonds is 11. The maximum Gasteiger partial charge on any atom is 0.295 e. The van der Waals surface area contributed by atoms with Crippen LogP contribution in [0.4, 0.5) is 0 Å². The number of ether oxygens (including phenoxy) is 5. The van der Waals surface area contributed by atoms with Gasteiger partial charge in [0.1, 0.15) is 18.1 Å². The molecule has 0 spiro atoms. The van der Waals surface area contributed by atoms with Crippen molar-refractivity contribution in [3.63, 3.8) is 0 Å². The zero-order valence-electron chi connectivity index (χ0n) is 25.5. The number of aryl methyl sites for hydroxylation is 1. The standard InChI is InChI=1S/C34H38N2O8/c1-22-7-5-6-8-24(22)21-44-26-11-9-23(10-12-26)31(37)29-30(25-19-27(40-2)33(42-4)28(20-25)41-3)36(34(39)32(29)38)14-13-35-15-17-43-18-16-35/h5-12,19-20,30,37H,13-18,21H2,1-4H3/b31-29+. The van der Waals surface area contributed by atoms with Crippen LogP contribution >= 0.6 is 0 Å². The molecular weight excluding hydrogens is 564 g/mol. The Morgan fingerprint density at radius 2 is 1.57 bits per heavy atom. The molecule has 3 aromatic rings. The van der Waals surface area contributed by atoms with Crippen LogP contribution in [0.2, 0.25) is 0 Å². The summed E-state index contributed by atoms with van der Waals surface area (Å²) >= 11 is 0. The number of nitrogens with zero attached hydrogens (tertiary/aromatic N) is 2. The number of morpholine rings is 1. The highest BCUT2D eigenvalue weighted by Crippen LogP contribution is 2.45. The van der Waals surface area contributed by atoms with Gasteiger partial charge in [-0.15, -0.1) is 0 Å². The molecule has 0 bridgehead atoms. The van der Waals surface area contributed by atoms with Crippen molar-refractivity contribution in [2.75, 3.05) is 60.7 Å². The predicted octanol–water partition coefficient (Wildman–Crippen LogP) is 4.35. The summed E-state index contributed by atoms with van der Waals surface area (Å²) in [5, 5.41) is 11.6. The number of amides is 1. The minimum Gasteiger partial charge on any atom is -0.507 e. The highest BCUT2D eigenvalue weighted by molar-refractivity contribution is 6.46. The maximum absolute atomic E-state index is 13.6. The number of Topliss-reactive ketones (excluding diaryl/α,β-unsaturated/α-hetero) is 1. The smallest absolute Gasteiger partial charge is 0.295 e. The molecule has 232 valence electrons. The van der Waals surface area contributed by atoms with Crippen LogP contribution in [0.25, 0.3) is 5.76 Å². The Labute approximate surface area is 257 Å². The largest absolute Gasteiger partial charge is 0.507 e. The van der Waals surface area contributed by atoms with Crippen molar-refractivity contribution < 1.29 is 38.4 Å². The third-order valence-electron chi connectivity index (χ3n) is 8.09. The van der Waals surface area contributed by atoms with Gasteiger partial charge in [-0.05, 0) is 60.0 Å². The van der Waals surface area contributed by atoms with Gasteiger partial charge >= 0.3 is 0 Å². The van der Waals surface area contributed by atoms with E-state index in [2.05, 4.69) is 4.90 Å². The van der Waals surface area contributed by atoms with Gasteiger partial charge in [0.2, 0.25) is 5.75 Å². The average Bonchev–Trinajstić information content (AvgIpc) is 3.31. The molecule has 1 amide bonds. The first-order valence-electron chi connectivity index (χ1n) is 14.5. The van der Waals surface area contributed by atoms with E-state index in [9.17, 15) is 14.7 Å².